The fourth-order valence-electron chi connectivity index (χ4n) is 2.29. The highest BCUT2D eigenvalue weighted by Gasteiger charge is 2.24. The molecule has 66 valence electrons. The molecule has 1 nitrogen and oxygen atoms in total. The second kappa shape index (κ2) is 4.10. The summed E-state index contributed by atoms with van der Waals surface area (Å²) in [6, 6.07) is 0.832. The van der Waals surface area contributed by atoms with Gasteiger partial charge in [-0.05, 0) is 38.8 Å². The van der Waals surface area contributed by atoms with E-state index in [2.05, 4.69) is 25.7 Å². The molecule has 1 heteroatoms. The van der Waals surface area contributed by atoms with E-state index < -0.39 is 0 Å². The van der Waals surface area contributed by atoms with Gasteiger partial charge in [0.15, 0.2) is 0 Å². The van der Waals surface area contributed by atoms with Gasteiger partial charge in [0.05, 0.1) is 0 Å². The third kappa shape index (κ3) is 1.96. The van der Waals surface area contributed by atoms with Crippen molar-refractivity contribution in [2.45, 2.75) is 46.1 Å². The van der Waals surface area contributed by atoms with Gasteiger partial charge in [-0.25, -0.2) is 0 Å². The van der Waals surface area contributed by atoms with Gasteiger partial charge in [0.1, 0.15) is 0 Å². The van der Waals surface area contributed by atoms with Gasteiger partial charge in [0.2, 0.25) is 0 Å². The van der Waals surface area contributed by atoms with Gasteiger partial charge in [-0.2, -0.15) is 0 Å². The molecule has 0 aromatic carbocycles. The lowest BCUT2D eigenvalue weighted by molar-refractivity contribution is 0.109. The molecular weight excluding hydrogens is 134 g/mol. The fraction of sp³-hybridized carbons (Fsp3) is 1.00. The van der Waals surface area contributed by atoms with Crippen LogP contribution in [-0.2, 0) is 0 Å². The van der Waals surface area contributed by atoms with Crippen molar-refractivity contribution in [2.24, 2.45) is 5.92 Å². The minimum Gasteiger partial charge on any atom is -0.301 e. The fourth-order valence-corrected chi connectivity index (χ4v) is 2.29. The molecule has 1 fully saturated rings. The van der Waals surface area contributed by atoms with E-state index in [4.69, 9.17) is 0 Å². The van der Waals surface area contributed by atoms with Gasteiger partial charge in [-0.3, -0.25) is 0 Å². The zero-order valence-electron chi connectivity index (χ0n) is 8.14. The van der Waals surface area contributed by atoms with E-state index in [0.29, 0.717) is 0 Å². The highest BCUT2D eigenvalue weighted by Crippen LogP contribution is 2.25. The Morgan fingerprint density at radius 2 is 2.09 bits per heavy atom. The van der Waals surface area contributed by atoms with Crippen molar-refractivity contribution in [1.29, 1.82) is 0 Å². The Labute approximate surface area is 70.8 Å². The number of nitrogens with zero attached hydrogens (tertiary/aromatic N) is 1. The van der Waals surface area contributed by atoms with Crippen molar-refractivity contribution in [3.63, 3.8) is 0 Å². The van der Waals surface area contributed by atoms with Crippen LogP contribution in [0.1, 0.15) is 40.0 Å². The van der Waals surface area contributed by atoms with Crippen LogP contribution in [0.25, 0.3) is 0 Å². The normalized spacial score (nSPS) is 34.1. The Balaban J connectivity index is 2.45. The van der Waals surface area contributed by atoms with Crippen LogP contribution in [0.4, 0.5) is 0 Å². The third-order valence-corrected chi connectivity index (χ3v) is 3.21. The lowest BCUT2D eigenvalue weighted by atomic mass is 9.88. The van der Waals surface area contributed by atoms with E-state index in [9.17, 15) is 0 Å². The van der Waals surface area contributed by atoms with Crippen molar-refractivity contribution in [2.75, 3.05) is 13.1 Å². The monoisotopic (exact) mass is 155 g/mol. The van der Waals surface area contributed by atoms with Crippen LogP contribution in [0.2, 0.25) is 0 Å². The summed E-state index contributed by atoms with van der Waals surface area (Å²) in [5, 5.41) is 0. The lowest BCUT2D eigenvalue weighted by Crippen LogP contribution is -2.42. The van der Waals surface area contributed by atoms with E-state index in [1.807, 2.05) is 0 Å². The van der Waals surface area contributed by atoms with Crippen LogP contribution in [0.15, 0.2) is 0 Å². The van der Waals surface area contributed by atoms with Gasteiger partial charge < -0.3 is 4.90 Å². The number of hydrogen-bond acceptors (Lipinski definition) is 1. The minimum atomic E-state index is 0.832. The average Bonchev–Trinajstić information content (AvgIpc) is 2.05. The number of hydrogen-bond donors (Lipinski definition) is 0. The third-order valence-electron chi connectivity index (χ3n) is 3.21. The van der Waals surface area contributed by atoms with E-state index in [1.165, 1.54) is 32.4 Å². The molecule has 1 aliphatic heterocycles. The van der Waals surface area contributed by atoms with Crippen molar-refractivity contribution < 1.29 is 0 Å². The largest absolute Gasteiger partial charge is 0.301 e. The first-order chi connectivity index (χ1) is 5.29. The highest BCUT2D eigenvalue weighted by molar-refractivity contribution is 4.79. The Hall–Kier alpha value is -0.0400. The predicted molar refractivity (Wildman–Crippen MR) is 49.7 cm³/mol. The molecule has 0 aliphatic carbocycles. The molecule has 0 radical (unpaired) electrons. The van der Waals surface area contributed by atoms with Crippen molar-refractivity contribution >= 4 is 0 Å². The number of rotatable bonds is 2. The second-order valence-electron chi connectivity index (χ2n) is 3.68. The van der Waals surface area contributed by atoms with Crippen LogP contribution in [0.3, 0.4) is 0 Å². The molecular formula is C10H21N. The van der Waals surface area contributed by atoms with Gasteiger partial charge >= 0.3 is 0 Å². The van der Waals surface area contributed by atoms with Crippen LogP contribution >= 0.6 is 0 Å². The number of piperidine rings is 1. The summed E-state index contributed by atoms with van der Waals surface area (Å²) in [5.41, 5.74) is 0. The molecule has 1 aliphatic rings. The molecule has 1 unspecified atom stereocenters. The molecule has 0 amide bonds. The summed E-state index contributed by atoms with van der Waals surface area (Å²) in [4.78, 5) is 2.61. The molecule has 2 atom stereocenters. The van der Waals surface area contributed by atoms with Crippen LogP contribution < -0.4 is 0 Å². The molecule has 0 aromatic heterocycles. The van der Waals surface area contributed by atoms with E-state index >= 15 is 0 Å². The molecule has 1 rings (SSSR count). The Morgan fingerprint density at radius 1 is 1.36 bits per heavy atom. The number of likely N-dealkylation sites (tertiary alicyclic amines) is 1. The Morgan fingerprint density at radius 3 is 2.64 bits per heavy atom. The van der Waals surface area contributed by atoms with Crippen LogP contribution in [-0.4, -0.2) is 24.0 Å². The molecule has 0 saturated carbocycles. The van der Waals surface area contributed by atoms with Crippen molar-refractivity contribution in [1.82, 2.24) is 4.90 Å². The molecule has 11 heavy (non-hydrogen) atoms. The highest BCUT2D eigenvalue weighted by atomic mass is 15.2. The first-order valence-corrected chi connectivity index (χ1v) is 5.03. The molecule has 1 saturated heterocycles. The average molecular weight is 155 g/mol. The van der Waals surface area contributed by atoms with E-state index in [-0.39, 0.29) is 0 Å². The maximum absolute atomic E-state index is 2.61. The minimum absolute atomic E-state index is 0.832. The quantitative estimate of drug-likeness (QED) is 0.592. The van der Waals surface area contributed by atoms with Gasteiger partial charge in [-0.15, -0.1) is 0 Å². The maximum Gasteiger partial charge on any atom is 0.00949 e. The van der Waals surface area contributed by atoms with E-state index in [1.54, 1.807) is 0 Å². The Bertz CT molecular complexity index is 99.4. The molecule has 1 heterocycles. The zero-order chi connectivity index (χ0) is 8.27. The summed E-state index contributed by atoms with van der Waals surface area (Å²) >= 11 is 0. The zero-order valence-corrected chi connectivity index (χ0v) is 8.14. The molecule has 0 N–H and O–H groups in total. The van der Waals surface area contributed by atoms with E-state index in [0.717, 1.165) is 12.0 Å². The van der Waals surface area contributed by atoms with Crippen molar-refractivity contribution in [3.05, 3.63) is 0 Å². The standard InChI is InChI=1S/C10H21N/c1-4-10-7-6-8-11(5-2)9(10)3/h9-10H,4-8H2,1-3H3/t9-,10?/m1/s1. The lowest BCUT2D eigenvalue weighted by Gasteiger charge is -2.38. The van der Waals surface area contributed by atoms with Crippen molar-refractivity contribution in [3.8, 4) is 0 Å². The summed E-state index contributed by atoms with van der Waals surface area (Å²) in [5.74, 6) is 0.962. The molecule has 0 spiro atoms. The predicted octanol–water partition coefficient (Wildman–Crippen LogP) is 2.52. The SMILES string of the molecule is CCC1CCCN(CC)[C@@H]1C. The molecule has 0 aromatic rings. The van der Waals surface area contributed by atoms with Gasteiger partial charge in [-0.1, -0.05) is 20.3 Å². The maximum atomic E-state index is 2.61. The van der Waals surface area contributed by atoms with Gasteiger partial charge in [0.25, 0.3) is 0 Å². The van der Waals surface area contributed by atoms with Crippen LogP contribution in [0, 0.1) is 5.92 Å². The summed E-state index contributed by atoms with van der Waals surface area (Å²) < 4.78 is 0. The first kappa shape index (κ1) is 9.05. The topological polar surface area (TPSA) is 3.24 Å². The molecule has 0 bridgehead atoms. The summed E-state index contributed by atoms with van der Waals surface area (Å²) in [6.07, 6.45) is 4.22. The first-order valence-electron chi connectivity index (χ1n) is 5.03. The summed E-state index contributed by atoms with van der Waals surface area (Å²) in [6.45, 7) is 9.54. The van der Waals surface area contributed by atoms with Crippen LogP contribution in [0.5, 0.6) is 0 Å². The second-order valence-corrected chi connectivity index (χ2v) is 3.68. The Kier molecular flexibility index (Phi) is 3.38. The van der Waals surface area contributed by atoms with Gasteiger partial charge in [0, 0.05) is 6.04 Å². The smallest absolute Gasteiger partial charge is 0.00949 e. The summed E-state index contributed by atoms with van der Waals surface area (Å²) in [7, 11) is 0.